The highest BCUT2D eigenvalue weighted by molar-refractivity contribution is 7.98. The molecular weight excluding hydrogens is 316 g/mol. The highest BCUT2D eigenvalue weighted by atomic mass is 35.5. The third-order valence-corrected chi connectivity index (χ3v) is 4.94. The van der Waals surface area contributed by atoms with Gasteiger partial charge in [0.05, 0.1) is 0 Å². The summed E-state index contributed by atoms with van der Waals surface area (Å²) in [4.78, 5) is 0. The standard InChI is InChI=1S/C16H17ClN4S/c1-20-9-3-4-14(20)10-15-18-19-16(21(15)2)22-11-12-5-7-13(17)8-6-12/h3-9H,10-11H2,1-2H3. The van der Waals surface area contributed by atoms with Crippen molar-refractivity contribution in [3.63, 3.8) is 0 Å². The van der Waals surface area contributed by atoms with E-state index in [0.29, 0.717) is 0 Å². The molecule has 0 radical (unpaired) electrons. The van der Waals surface area contributed by atoms with Crippen molar-refractivity contribution in [1.82, 2.24) is 19.3 Å². The first-order chi connectivity index (χ1) is 10.6. The van der Waals surface area contributed by atoms with Crippen LogP contribution in [0, 0.1) is 0 Å². The molecule has 2 aromatic heterocycles. The number of rotatable bonds is 5. The molecule has 1 aromatic carbocycles. The maximum atomic E-state index is 5.90. The minimum atomic E-state index is 0.761. The summed E-state index contributed by atoms with van der Waals surface area (Å²) in [6.07, 6.45) is 2.83. The zero-order chi connectivity index (χ0) is 15.5. The Morgan fingerprint density at radius 3 is 2.55 bits per heavy atom. The lowest BCUT2D eigenvalue weighted by Crippen LogP contribution is -2.03. The third-order valence-electron chi connectivity index (χ3n) is 3.60. The van der Waals surface area contributed by atoms with Crippen molar-refractivity contribution < 1.29 is 0 Å². The maximum absolute atomic E-state index is 5.90. The highest BCUT2D eigenvalue weighted by Gasteiger charge is 2.11. The van der Waals surface area contributed by atoms with Crippen molar-refractivity contribution in [2.24, 2.45) is 14.1 Å². The Hall–Kier alpha value is -1.72. The number of aryl methyl sites for hydroxylation is 1. The van der Waals surface area contributed by atoms with Gasteiger partial charge in [-0.2, -0.15) is 0 Å². The summed E-state index contributed by atoms with van der Waals surface area (Å²) in [5.41, 5.74) is 2.45. The smallest absolute Gasteiger partial charge is 0.191 e. The fourth-order valence-corrected chi connectivity index (χ4v) is 3.21. The Kier molecular flexibility index (Phi) is 4.55. The van der Waals surface area contributed by atoms with Gasteiger partial charge < -0.3 is 9.13 Å². The molecule has 0 spiro atoms. The van der Waals surface area contributed by atoms with Gasteiger partial charge in [0.25, 0.3) is 0 Å². The number of aromatic nitrogens is 4. The van der Waals surface area contributed by atoms with Crippen LogP contribution in [-0.2, 0) is 26.3 Å². The van der Waals surface area contributed by atoms with E-state index in [1.807, 2.05) is 50.6 Å². The van der Waals surface area contributed by atoms with Gasteiger partial charge in [0.1, 0.15) is 5.82 Å². The fraction of sp³-hybridized carbons (Fsp3) is 0.250. The van der Waals surface area contributed by atoms with Gasteiger partial charge in [-0.15, -0.1) is 10.2 Å². The Labute approximate surface area is 139 Å². The number of halogens is 1. The van der Waals surface area contributed by atoms with Gasteiger partial charge in [0, 0.05) is 43.2 Å². The first-order valence-corrected chi connectivity index (χ1v) is 8.35. The second-order valence-electron chi connectivity index (χ2n) is 5.16. The van der Waals surface area contributed by atoms with E-state index in [-0.39, 0.29) is 0 Å². The van der Waals surface area contributed by atoms with Gasteiger partial charge in [-0.1, -0.05) is 35.5 Å². The van der Waals surface area contributed by atoms with Crippen LogP contribution < -0.4 is 0 Å². The van der Waals surface area contributed by atoms with Crippen LogP contribution in [0.2, 0.25) is 5.02 Å². The molecule has 0 saturated carbocycles. The minimum absolute atomic E-state index is 0.761. The second kappa shape index (κ2) is 6.58. The predicted octanol–water partition coefficient (Wildman–Crippen LogP) is 3.69. The van der Waals surface area contributed by atoms with E-state index in [1.54, 1.807) is 11.8 Å². The zero-order valence-electron chi connectivity index (χ0n) is 12.5. The number of hydrogen-bond donors (Lipinski definition) is 0. The summed E-state index contributed by atoms with van der Waals surface area (Å²) in [5.74, 6) is 1.83. The summed E-state index contributed by atoms with van der Waals surface area (Å²) < 4.78 is 4.17. The first kappa shape index (κ1) is 15.2. The number of hydrogen-bond acceptors (Lipinski definition) is 3. The molecule has 3 rings (SSSR count). The van der Waals surface area contributed by atoms with Crippen molar-refractivity contribution in [2.75, 3.05) is 0 Å². The van der Waals surface area contributed by atoms with Crippen molar-refractivity contribution in [2.45, 2.75) is 17.3 Å². The van der Waals surface area contributed by atoms with E-state index in [0.717, 1.165) is 28.2 Å². The van der Waals surface area contributed by atoms with Gasteiger partial charge in [0.15, 0.2) is 5.16 Å². The van der Waals surface area contributed by atoms with E-state index < -0.39 is 0 Å². The van der Waals surface area contributed by atoms with Gasteiger partial charge >= 0.3 is 0 Å². The van der Waals surface area contributed by atoms with Crippen LogP contribution in [0.4, 0.5) is 0 Å². The quantitative estimate of drug-likeness (QED) is 0.668. The number of nitrogens with zero attached hydrogens (tertiary/aromatic N) is 4. The average Bonchev–Trinajstić information content (AvgIpc) is 3.07. The van der Waals surface area contributed by atoms with E-state index in [2.05, 4.69) is 25.4 Å². The molecule has 0 fully saturated rings. The zero-order valence-corrected chi connectivity index (χ0v) is 14.1. The van der Waals surface area contributed by atoms with Crippen LogP contribution in [0.5, 0.6) is 0 Å². The molecule has 0 unspecified atom stereocenters. The molecular formula is C16H17ClN4S. The number of benzene rings is 1. The first-order valence-electron chi connectivity index (χ1n) is 6.99. The van der Waals surface area contributed by atoms with Gasteiger partial charge in [-0.25, -0.2) is 0 Å². The van der Waals surface area contributed by atoms with E-state index in [4.69, 9.17) is 11.6 Å². The Bertz CT molecular complexity index is 761. The van der Waals surface area contributed by atoms with Crippen LogP contribution in [0.25, 0.3) is 0 Å². The van der Waals surface area contributed by atoms with Gasteiger partial charge in [-0.05, 0) is 29.8 Å². The van der Waals surface area contributed by atoms with E-state index >= 15 is 0 Å². The molecule has 0 aliphatic carbocycles. The number of thioether (sulfide) groups is 1. The normalized spacial score (nSPS) is 11.0. The Morgan fingerprint density at radius 2 is 1.86 bits per heavy atom. The largest absolute Gasteiger partial charge is 0.354 e. The molecule has 0 bridgehead atoms. The van der Waals surface area contributed by atoms with E-state index in [9.17, 15) is 0 Å². The third kappa shape index (κ3) is 3.36. The molecule has 3 aromatic rings. The monoisotopic (exact) mass is 332 g/mol. The van der Waals surface area contributed by atoms with Gasteiger partial charge in [-0.3, -0.25) is 0 Å². The topological polar surface area (TPSA) is 35.6 Å². The summed E-state index contributed by atoms with van der Waals surface area (Å²) >= 11 is 7.59. The summed E-state index contributed by atoms with van der Waals surface area (Å²) in [5, 5.41) is 10.3. The van der Waals surface area contributed by atoms with Crippen molar-refractivity contribution in [3.8, 4) is 0 Å². The van der Waals surface area contributed by atoms with E-state index in [1.165, 1.54) is 11.3 Å². The van der Waals surface area contributed by atoms with Crippen LogP contribution in [0.15, 0.2) is 47.8 Å². The maximum Gasteiger partial charge on any atom is 0.191 e. The lowest BCUT2D eigenvalue weighted by atomic mass is 10.2. The molecule has 2 heterocycles. The molecule has 0 aliphatic heterocycles. The Morgan fingerprint density at radius 1 is 1.09 bits per heavy atom. The SMILES string of the molecule is Cn1cccc1Cc1nnc(SCc2ccc(Cl)cc2)n1C. The molecule has 6 heteroatoms. The van der Waals surface area contributed by atoms with Crippen molar-refractivity contribution in [1.29, 1.82) is 0 Å². The molecule has 4 nitrogen and oxygen atoms in total. The molecule has 114 valence electrons. The fourth-order valence-electron chi connectivity index (χ4n) is 2.20. The molecule has 0 aliphatic rings. The Balaban J connectivity index is 1.68. The van der Waals surface area contributed by atoms with Crippen LogP contribution in [-0.4, -0.2) is 19.3 Å². The van der Waals surface area contributed by atoms with Crippen LogP contribution >= 0.6 is 23.4 Å². The summed E-state index contributed by atoms with van der Waals surface area (Å²) in [7, 11) is 4.06. The molecule has 22 heavy (non-hydrogen) atoms. The predicted molar refractivity (Wildman–Crippen MR) is 90.2 cm³/mol. The summed E-state index contributed by atoms with van der Waals surface area (Å²) in [6, 6.07) is 12.0. The highest BCUT2D eigenvalue weighted by Crippen LogP contribution is 2.22. The lowest BCUT2D eigenvalue weighted by molar-refractivity contribution is 0.731. The molecule has 0 atom stereocenters. The van der Waals surface area contributed by atoms with Crippen LogP contribution in [0.3, 0.4) is 0 Å². The summed E-state index contributed by atoms with van der Waals surface area (Å²) in [6.45, 7) is 0. The molecule has 0 N–H and O–H groups in total. The molecule has 0 amide bonds. The average molecular weight is 333 g/mol. The molecule has 0 saturated heterocycles. The van der Waals surface area contributed by atoms with Crippen molar-refractivity contribution in [3.05, 3.63) is 64.7 Å². The minimum Gasteiger partial charge on any atom is -0.354 e. The van der Waals surface area contributed by atoms with Crippen molar-refractivity contribution >= 4 is 23.4 Å². The van der Waals surface area contributed by atoms with Crippen LogP contribution in [0.1, 0.15) is 17.1 Å². The lowest BCUT2D eigenvalue weighted by Gasteiger charge is -2.05. The second-order valence-corrected chi connectivity index (χ2v) is 6.54. The van der Waals surface area contributed by atoms with Gasteiger partial charge in [0.2, 0.25) is 0 Å².